The molecule has 6 nitrogen and oxygen atoms in total. The molecule has 150 valence electrons. The molecule has 0 bridgehead atoms. The van der Waals surface area contributed by atoms with Gasteiger partial charge in [-0.25, -0.2) is 0 Å². The Kier molecular flexibility index (Phi) is 6.27. The molecule has 0 unspecified atom stereocenters. The predicted octanol–water partition coefficient (Wildman–Crippen LogP) is 4.05. The van der Waals surface area contributed by atoms with E-state index in [0.29, 0.717) is 29.3 Å². The Balaban J connectivity index is 1.27. The van der Waals surface area contributed by atoms with Crippen LogP contribution >= 0.6 is 11.6 Å². The van der Waals surface area contributed by atoms with Crippen LogP contribution in [0.25, 0.3) is 11.4 Å². The van der Waals surface area contributed by atoms with E-state index in [2.05, 4.69) is 20.4 Å². The number of amides is 1. The fourth-order valence-electron chi connectivity index (χ4n) is 4.18. The molecule has 0 spiro atoms. The second-order valence-corrected chi connectivity index (χ2v) is 8.29. The van der Waals surface area contributed by atoms with Crippen LogP contribution in [0.2, 0.25) is 5.02 Å². The number of nitrogens with zero attached hydrogens (tertiary/aromatic N) is 3. The van der Waals surface area contributed by atoms with Crippen LogP contribution in [0.4, 0.5) is 0 Å². The number of hydrogen-bond acceptors (Lipinski definition) is 5. The second kappa shape index (κ2) is 9.05. The number of carbonyl (C=O) groups excluding carboxylic acids is 1. The molecule has 2 heterocycles. The van der Waals surface area contributed by atoms with Gasteiger partial charge >= 0.3 is 0 Å². The lowest BCUT2D eigenvalue weighted by Gasteiger charge is -2.32. The first-order valence-electron chi connectivity index (χ1n) is 10.3. The van der Waals surface area contributed by atoms with E-state index < -0.39 is 0 Å². The Labute approximate surface area is 170 Å². The largest absolute Gasteiger partial charge is 0.353 e. The number of halogens is 1. The second-order valence-electron chi connectivity index (χ2n) is 7.89. The van der Waals surface area contributed by atoms with Crippen LogP contribution in [0.3, 0.4) is 0 Å². The molecule has 1 N–H and O–H groups in total. The Morgan fingerprint density at radius 1 is 1.14 bits per heavy atom. The minimum Gasteiger partial charge on any atom is -0.353 e. The van der Waals surface area contributed by atoms with Crippen molar-refractivity contribution in [1.82, 2.24) is 20.4 Å². The maximum absolute atomic E-state index is 12.5. The molecule has 2 fully saturated rings. The first-order valence-corrected chi connectivity index (χ1v) is 10.7. The van der Waals surface area contributed by atoms with E-state index in [0.717, 1.165) is 44.3 Å². The van der Waals surface area contributed by atoms with Crippen LogP contribution < -0.4 is 5.32 Å². The van der Waals surface area contributed by atoms with Crippen molar-refractivity contribution in [2.24, 2.45) is 5.92 Å². The molecule has 1 saturated heterocycles. The number of carbonyl (C=O) groups is 1. The van der Waals surface area contributed by atoms with E-state index >= 15 is 0 Å². The number of rotatable bonds is 5. The summed E-state index contributed by atoms with van der Waals surface area (Å²) in [6, 6.07) is 7.87. The first-order chi connectivity index (χ1) is 13.7. The van der Waals surface area contributed by atoms with Crippen molar-refractivity contribution in [1.29, 1.82) is 0 Å². The normalized spacial score (nSPS) is 19.6. The molecule has 1 aliphatic heterocycles. The zero-order chi connectivity index (χ0) is 19.3. The minimum atomic E-state index is 0.125. The molecule has 1 aromatic carbocycles. The van der Waals surface area contributed by atoms with Gasteiger partial charge in [0.15, 0.2) is 0 Å². The highest BCUT2D eigenvalue weighted by Crippen LogP contribution is 2.26. The summed E-state index contributed by atoms with van der Waals surface area (Å²) in [5.41, 5.74) is 0.775. The summed E-state index contributed by atoms with van der Waals surface area (Å²) in [7, 11) is 0. The summed E-state index contributed by atoms with van der Waals surface area (Å²) < 4.78 is 5.41. The zero-order valence-electron chi connectivity index (χ0n) is 16.1. The fourth-order valence-corrected chi connectivity index (χ4v) is 4.40. The summed E-state index contributed by atoms with van der Waals surface area (Å²) in [5, 5.41) is 7.94. The zero-order valence-corrected chi connectivity index (χ0v) is 16.8. The van der Waals surface area contributed by atoms with E-state index in [1.165, 1.54) is 19.3 Å². The van der Waals surface area contributed by atoms with Gasteiger partial charge in [0.25, 0.3) is 0 Å². The fraction of sp³-hybridized carbons (Fsp3) is 0.571. The van der Waals surface area contributed by atoms with Gasteiger partial charge < -0.3 is 9.84 Å². The molecule has 1 amide bonds. The third-order valence-electron chi connectivity index (χ3n) is 5.85. The molecule has 2 aliphatic rings. The highest BCUT2D eigenvalue weighted by atomic mass is 35.5. The lowest BCUT2D eigenvalue weighted by Crippen LogP contribution is -2.44. The number of aromatic nitrogens is 2. The Morgan fingerprint density at radius 3 is 2.64 bits per heavy atom. The molecule has 28 heavy (non-hydrogen) atoms. The predicted molar refractivity (Wildman–Crippen MR) is 108 cm³/mol. The van der Waals surface area contributed by atoms with Gasteiger partial charge in [0, 0.05) is 17.5 Å². The first kappa shape index (κ1) is 19.4. The number of nitrogens with one attached hydrogen (secondary N) is 1. The van der Waals surface area contributed by atoms with Gasteiger partial charge in [0.1, 0.15) is 0 Å². The van der Waals surface area contributed by atoms with Crippen LogP contribution in [-0.2, 0) is 11.3 Å². The molecule has 0 radical (unpaired) electrons. The Morgan fingerprint density at radius 2 is 1.89 bits per heavy atom. The molecule has 1 aliphatic carbocycles. The van der Waals surface area contributed by atoms with E-state index in [1.54, 1.807) is 0 Å². The van der Waals surface area contributed by atoms with E-state index in [-0.39, 0.29) is 11.8 Å². The van der Waals surface area contributed by atoms with E-state index in [9.17, 15) is 4.79 Å². The van der Waals surface area contributed by atoms with Crippen LogP contribution in [0.1, 0.15) is 50.8 Å². The summed E-state index contributed by atoms with van der Waals surface area (Å²) in [4.78, 5) is 19.3. The van der Waals surface area contributed by atoms with Crippen molar-refractivity contribution >= 4 is 17.5 Å². The molecule has 4 rings (SSSR count). The third-order valence-corrected chi connectivity index (χ3v) is 6.18. The monoisotopic (exact) mass is 402 g/mol. The lowest BCUT2D eigenvalue weighted by atomic mass is 9.92. The standard InChI is InChI=1S/C21H27ClN4O2/c22-18-9-5-4-8-17(18)20-24-19(28-25-20)14-26-12-10-15(11-13-26)21(27)23-16-6-2-1-3-7-16/h4-5,8-9,15-16H,1-3,6-7,10-14H2,(H,23,27). The SMILES string of the molecule is O=C(NC1CCCCC1)C1CCN(Cc2nc(-c3ccccc3Cl)no2)CC1. The number of piperidine rings is 1. The van der Waals surface area contributed by atoms with Crippen LogP contribution in [-0.4, -0.2) is 40.1 Å². The summed E-state index contributed by atoms with van der Waals surface area (Å²) in [6.45, 7) is 2.34. The maximum atomic E-state index is 12.5. The van der Waals surface area contributed by atoms with Crippen molar-refractivity contribution in [3.63, 3.8) is 0 Å². The Bertz CT molecular complexity index is 795. The summed E-state index contributed by atoms with van der Waals surface area (Å²) in [5.74, 6) is 1.47. The minimum absolute atomic E-state index is 0.125. The highest BCUT2D eigenvalue weighted by Gasteiger charge is 2.27. The van der Waals surface area contributed by atoms with Gasteiger partial charge in [-0.05, 0) is 50.9 Å². The summed E-state index contributed by atoms with van der Waals surface area (Å²) in [6.07, 6.45) is 7.81. The van der Waals surface area contributed by atoms with E-state index in [1.807, 2.05) is 24.3 Å². The van der Waals surface area contributed by atoms with Gasteiger partial charge in [0.05, 0.1) is 11.6 Å². The molecule has 1 saturated carbocycles. The smallest absolute Gasteiger partial charge is 0.241 e. The van der Waals surface area contributed by atoms with Gasteiger partial charge in [-0.15, -0.1) is 0 Å². The number of likely N-dealkylation sites (tertiary alicyclic amines) is 1. The van der Waals surface area contributed by atoms with Crippen molar-refractivity contribution < 1.29 is 9.32 Å². The Hall–Kier alpha value is -1.92. The number of hydrogen-bond donors (Lipinski definition) is 1. The average molecular weight is 403 g/mol. The van der Waals surface area contributed by atoms with Crippen molar-refractivity contribution in [3.8, 4) is 11.4 Å². The van der Waals surface area contributed by atoms with Gasteiger partial charge in [-0.1, -0.05) is 48.2 Å². The van der Waals surface area contributed by atoms with Crippen LogP contribution in [0.15, 0.2) is 28.8 Å². The molecule has 2 aromatic rings. The van der Waals surface area contributed by atoms with Crippen molar-refractivity contribution in [3.05, 3.63) is 35.2 Å². The quantitative estimate of drug-likeness (QED) is 0.816. The van der Waals surface area contributed by atoms with Crippen LogP contribution in [0, 0.1) is 5.92 Å². The maximum Gasteiger partial charge on any atom is 0.241 e. The topological polar surface area (TPSA) is 71.3 Å². The van der Waals surface area contributed by atoms with Gasteiger partial charge in [0.2, 0.25) is 17.6 Å². The highest BCUT2D eigenvalue weighted by molar-refractivity contribution is 6.33. The summed E-state index contributed by atoms with van der Waals surface area (Å²) >= 11 is 6.21. The molecule has 7 heteroatoms. The number of benzene rings is 1. The van der Waals surface area contributed by atoms with Crippen molar-refractivity contribution in [2.75, 3.05) is 13.1 Å². The molecular weight excluding hydrogens is 376 g/mol. The average Bonchev–Trinajstić information content (AvgIpc) is 3.18. The van der Waals surface area contributed by atoms with Gasteiger partial charge in [-0.3, -0.25) is 9.69 Å². The van der Waals surface area contributed by atoms with Crippen LogP contribution in [0.5, 0.6) is 0 Å². The lowest BCUT2D eigenvalue weighted by molar-refractivity contribution is -0.127. The van der Waals surface area contributed by atoms with Crippen molar-refractivity contribution in [2.45, 2.75) is 57.5 Å². The third kappa shape index (κ3) is 4.73. The molecule has 0 atom stereocenters. The molecular formula is C21H27ClN4O2. The van der Waals surface area contributed by atoms with E-state index in [4.69, 9.17) is 16.1 Å². The van der Waals surface area contributed by atoms with Gasteiger partial charge in [-0.2, -0.15) is 4.98 Å². The molecule has 1 aromatic heterocycles.